The molecular formula is C12H9N3O2. The van der Waals surface area contributed by atoms with Gasteiger partial charge in [0.2, 0.25) is 0 Å². The molecule has 84 valence electrons. The van der Waals surface area contributed by atoms with Crippen LogP contribution in [0.15, 0.2) is 30.3 Å². The van der Waals surface area contributed by atoms with E-state index >= 15 is 0 Å². The van der Waals surface area contributed by atoms with E-state index in [1.165, 1.54) is 12.1 Å². The van der Waals surface area contributed by atoms with Crippen LogP contribution in [-0.4, -0.2) is 9.91 Å². The smallest absolute Gasteiger partial charge is 0.269 e. The minimum atomic E-state index is -0.449. The Bertz CT molecular complexity index is 606. The van der Waals surface area contributed by atoms with Crippen LogP contribution in [0.2, 0.25) is 0 Å². The van der Waals surface area contributed by atoms with Gasteiger partial charge in [-0.25, -0.2) is 0 Å². The normalized spacial score (nSPS) is 9.88. The molecule has 0 unspecified atom stereocenters. The zero-order valence-electron chi connectivity index (χ0n) is 9.10. The van der Waals surface area contributed by atoms with E-state index in [0.717, 1.165) is 11.3 Å². The summed E-state index contributed by atoms with van der Waals surface area (Å²) in [5.41, 5.74) is 2.92. The van der Waals surface area contributed by atoms with Gasteiger partial charge in [-0.2, -0.15) is 5.26 Å². The Balaban J connectivity index is 2.47. The van der Waals surface area contributed by atoms with Crippen molar-refractivity contribution < 1.29 is 4.92 Å². The molecule has 1 N–H and O–H groups in total. The first kappa shape index (κ1) is 10.9. The molecular weight excluding hydrogens is 218 g/mol. The van der Waals surface area contributed by atoms with E-state index in [9.17, 15) is 10.1 Å². The number of aryl methyl sites for hydroxylation is 1. The Hall–Kier alpha value is -2.61. The monoisotopic (exact) mass is 227 g/mol. The molecule has 0 aliphatic carbocycles. The highest BCUT2D eigenvalue weighted by atomic mass is 16.6. The molecule has 0 spiro atoms. The molecule has 1 aromatic carbocycles. The van der Waals surface area contributed by atoms with E-state index in [1.54, 1.807) is 18.2 Å². The lowest BCUT2D eigenvalue weighted by molar-refractivity contribution is -0.384. The summed E-state index contributed by atoms with van der Waals surface area (Å²) in [7, 11) is 0. The van der Waals surface area contributed by atoms with Crippen LogP contribution in [0, 0.1) is 28.4 Å². The molecule has 2 aromatic rings. The molecule has 0 atom stereocenters. The molecule has 0 aliphatic rings. The van der Waals surface area contributed by atoms with E-state index in [-0.39, 0.29) is 5.69 Å². The first-order valence-electron chi connectivity index (χ1n) is 4.96. The highest BCUT2D eigenvalue weighted by molar-refractivity contribution is 5.68. The molecule has 5 heteroatoms. The molecule has 5 nitrogen and oxygen atoms in total. The predicted octanol–water partition coefficient (Wildman–Crippen LogP) is 2.77. The van der Waals surface area contributed by atoms with E-state index in [4.69, 9.17) is 5.26 Å². The number of rotatable bonds is 2. The third kappa shape index (κ3) is 2.01. The Morgan fingerprint density at radius 1 is 1.35 bits per heavy atom. The van der Waals surface area contributed by atoms with Gasteiger partial charge in [-0.15, -0.1) is 0 Å². The summed E-state index contributed by atoms with van der Waals surface area (Å²) in [5, 5.41) is 19.5. The second-order valence-electron chi connectivity index (χ2n) is 3.66. The summed E-state index contributed by atoms with van der Waals surface area (Å²) < 4.78 is 0. The van der Waals surface area contributed by atoms with Crippen LogP contribution in [-0.2, 0) is 0 Å². The Labute approximate surface area is 97.5 Å². The molecule has 1 aromatic heterocycles. The van der Waals surface area contributed by atoms with Crippen LogP contribution in [0.3, 0.4) is 0 Å². The molecule has 0 saturated carbocycles. The minimum absolute atomic E-state index is 0.0375. The topological polar surface area (TPSA) is 82.7 Å². The SMILES string of the molecule is Cc1cc(C#N)c(-c2ccc([N+](=O)[O-])cc2)[nH]1. The van der Waals surface area contributed by atoms with Crippen molar-refractivity contribution in [1.29, 1.82) is 5.26 Å². The molecule has 2 rings (SSSR count). The van der Waals surface area contributed by atoms with Crippen LogP contribution in [0.1, 0.15) is 11.3 Å². The first-order chi connectivity index (χ1) is 8.11. The summed E-state index contributed by atoms with van der Waals surface area (Å²) in [5.74, 6) is 0. The molecule has 17 heavy (non-hydrogen) atoms. The van der Waals surface area contributed by atoms with Gasteiger partial charge in [0.05, 0.1) is 16.2 Å². The van der Waals surface area contributed by atoms with Crippen LogP contribution in [0.4, 0.5) is 5.69 Å². The number of nitro groups is 1. The number of aromatic amines is 1. The maximum absolute atomic E-state index is 10.5. The lowest BCUT2D eigenvalue weighted by Crippen LogP contribution is -1.88. The van der Waals surface area contributed by atoms with Crippen molar-refractivity contribution in [1.82, 2.24) is 4.98 Å². The third-order valence-electron chi connectivity index (χ3n) is 2.44. The quantitative estimate of drug-likeness (QED) is 0.632. The number of nitrogens with one attached hydrogen (secondary N) is 1. The van der Waals surface area contributed by atoms with Crippen molar-refractivity contribution in [3.05, 3.63) is 51.7 Å². The average molecular weight is 227 g/mol. The van der Waals surface area contributed by atoms with Gasteiger partial charge in [0.25, 0.3) is 5.69 Å². The van der Waals surface area contributed by atoms with Crippen molar-refractivity contribution in [3.8, 4) is 17.3 Å². The Kier molecular flexibility index (Phi) is 2.63. The molecule has 0 fully saturated rings. The summed E-state index contributed by atoms with van der Waals surface area (Å²) in [4.78, 5) is 13.1. The summed E-state index contributed by atoms with van der Waals surface area (Å²) >= 11 is 0. The van der Waals surface area contributed by atoms with Crippen molar-refractivity contribution >= 4 is 5.69 Å². The zero-order chi connectivity index (χ0) is 12.4. The highest BCUT2D eigenvalue weighted by Gasteiger charge is 2.10. The number of nitro benzene ring substituents is 1. The van der Waals surface area contributed by atoms with Gasteiger partial charge in [0.1, 0.15) is 6.07 Å². The summed E-state index contributed by atoms with van der Waals surface area (Å²) in [6.45, 7) is 1.86. The summed E-state index contributed by atoms with van der Waals surface area (Å²) in [6.07, 6.45) is 0. The largest absolute Gasteiger partial charge is 0.358 e. The first-order valence-corrected chi connectivity index (χ1v) is 4.96. The van der Waals surface area contributed by atoms with Gasteiger partial charge >= 0.3 is 0 Å². The van der Waals surface area contributed by atoms with Gasteiger partial charge in [-0.3, -0.25) is 10.1 Å². The van der Waals surface area contributed by atoms with Crippen LogP contribution < -0.4 is 0 Å². The maximum atomic E-state index is 10.5. The van der Waals surface area contributed by atoms with Crippen LogP contribution >= 0.6 is 0 Å². The zero-order valence-corrected chi connectivity index (χ0v) is 9.10. The molecule has 0 radical (unpaired) electrons. The molecule has 0 aliphatic heterocycles. The number of benzene rings is 1. The second kappa shape index (κ2) is 4.10. The summed E-state index contributed by atoms with van der Waals surface area (Å²) in [6, 6.07) is 9.94. The van der Waals surface area contributed by atoms with Gasteiger partial charge in [-0.1, -0.05) is 0 Å². The lowest BCUT2D eigenvalue weighted by atomic mass is 10.1. The van der Waals surface area contributed by atoms with Gasteiger partial charge in [-0.05, 0) is 30.7 Å². The molecule has 0 saturated heterocycles. The molecule has 0 bridgehead atoms. The number of H-pyrrole nitrogens is 1. The number of nitriles is 1. The highest BCUT2D eigenvalue weighted by Crippen LogP contribution is 2.25. The van der Waals surface area contributed by atoms with E-state index in [1.807, 2.05) is 6.92 Å². The van der Waals surface area contributed by atoms with Gasteiger partial charge in [0, 0.05) is 17.8 Å². The second-order valence-corrected chi connectivity index (χ2v) is 3.66. The Morgan fingerprint density at radius 2 is 2.00 bits per heavy atom. The number of aromatic nitrogens is 1. The molecule has 0 amide bonds. The number of non-ortho nitro benzene ring substituents is 1. The number of nitrogens with zero attached hydrogens (tertiary/aromatic N) is 2. The van der Waals surface area contributed by atoms with Crippen molar-refractivity contribution in [2.24, 2.45) is 0 Å². The van der Waals surface area contributed by atoms with Gasteiger partial charge < -0.3 is 4.98 Å². The van der Waals surface area contributed by atoms with Crippen molar-refractivity contribution in [3.63, 3.8) is 0 Å². The lowest BCUT2D eigenvalue weighted by Gasteiger charge is -1.98. The van der Waals surface area contributed by atoms with Gasteiger partial charge in [0.15, 0.2) is 0 Å². The predicted molar refractivity (Wildman–Crippen MR) is 62.3 cm³/mol. The maximum Gasteiger partial charge on any atom is 0.269 e. The van der Waals surface area contributed by atoms with Crippen molar-refractivity contribution in [2.45, 2.75) is 6.92 Å². The van der Waals surface area contributed by atoms with Crippen LogP contribution in [0.25, 0.3) is 11.3 Å². The fourth-order valence-electron chi connectivity index (χ4n) is 1.65. The number of hydrogen-bond donors (Lipinski definition) is 1. The van der Waals surface area contributed by atoms with E-state index in [0.29, 0.717) is 11.3 Å². The van der Waals surface area contributed by atoms with E-state index < -0.39 is 4.92 Å². The average Bonchev–Trinajstić information content (AvgIpc) is 2.70. The minimum Gasteiger partial charge on any atom is -0.358 e. The third-order valence-corrected chi connectivity index (χ3v) is 2.44. The fourth-order valence-corrected chi connectivity index (χ4v) is 1.65. The number of hydrogen-bond acceptors (Lipinski definition) is 3. The van der Waals surface area contributed by atoms with Crippen LogP contribution in [0.5, 0.6) is 0 Å². The Morgan fingerprint density at radius 3 is 2.53 bits per heavy atom. The fraction of sp³-hybridized carbons (Fsp3) is 0.0833. The molecule has 1 heterocycles. The van der Waals surface area contributed by atoms with Crippen molar-refractivity contribution in [2.75, 3.05) is 0 Å². The van der Waals surface area contributed by atoms with E-state index in [2.05, 4.69) is 11.1 Å². The standard InChI is InChI=1S/C12H9N3O2/c1-8-6-10(7-13)12(14-8)9-2-4-11(5-3-9)15(16)17/h2-6,14H,1H3.